The first-order chi connectivity index (χ1) is 8.92. The number of methoxy groups -OCH3 is 1. The maximum absolute atomic E-state index is 11.8. The van der Waals surface area contributed by atoms with Crippen LogP contribution in [0.4, 0.5) is 18.9 Å². The number of nitrogen functional groups attached to an aromatic ring is 1. The van der Waals surface area contributed by atoms with Crippen LogP contribution in [0.25, 0.3) is 0 Å². The van der Waals surface area contributed by atoms with Crippen molar-refractivity contribution in [3.05, 3.63) is 18.2 Å². The van der Waals surface area contributed by atoms with Crippen LogP contribution in [0.15, 0.2) is 18.2 Å². The van der Waals surface area contributed by atoms with Crippen molar-refractivity contribution in [1.29, 1.82) is 0 Å². The van der Waals surface area contributed by atoms with Gasteiger partial charge < -0.3 is 19.9 Å². The van der Waals surface area contributed by atoms with Crippen LogP contribution < -0.4 is 15.2 Å². The van der Waals surface area contributed by atoms with Crippen LogP contribution in [0.3, 0.4) is 0 Å². The first kappa shape index (κ1) is 15.4. The van der Waals surface area contributed by atoms with E-state index < -0.39 is 12.8 Å². The quantitative estimate of drug-likeness (QED) is 0.616. The van der Waals surface area contributed by atoms with Crippen LogP contribution in [0.2, 0.25) is 0 Å². The normalized spacial score (nSPS) is 11.4. The molecule has 0 atom stereocenters. The molecule has 0 saturated heterocycles. The van der Waals surface area contributed by atoms with Gasteiger partial charge in [-0.05, 0) is 12.1 Å². The van der Waals surface area contributed by atoms with Gasteiger partial charge in [-0.2, -0.15) is 13.2 Å². The summed E-state index contributed by atoms with van der Waals surface area (Å²) in [6.45, 7) is -1.05. The van der Waals surface area contributed by atoms with Gasteiger partial charge in [-0.1, -0.05) is 0 Å². The molecule has 0 bridgehead atoms. The topological polar surface area (TPSA) is 53.7 Å². The Kier molecular flexibility index (Phi) is 5.75. The lowest BCUT2D eigenvalue weighted by Gasteiger charge is -2.11. The molecule has 0 heterocycles. The number of hydrogen-bond acceptors (Lipinski definition) is 4. The number of ether oxygens (including phenoxy) is 3. The largest absolute Gasteiger partial charge is 0.497 e. The van der Waals surface area contributed by atoms with Crippen LogP contribution in [0, 0.1) is 0 Å². The molecule has 108 valence electrons. The van der Waals surface area contributed by atoms with Crippen molar-refractivity contribution in [2.45, 2.75) is 12.6 Å². The number of hydrogen-bond donors (Lipinski definition) is 1. The molecule has 0 fully saturated rings. The van der Waals surface area contributed by atoms with E-state index in [1.54, 1.807) is 18.2 Å². The molecule has 0 aliphatic carbocycles. The van der Waals surface area contributed by atoms with Gasteiger partial charge >= 0.3 is 6.18 Å². The van der Waals surface area contributed by atoms with Crippen molar-refractivity contribution in [2.24, 2.45) is 0 Å². The van der Waals surface area contributed by atoms with Crippen molar-refractivity contribution in [2.75, 3.05) is 32.7 Å². The predicted octanol–water partition coefficient (Wildman–Crippen LogP) is 2.63. The average molecular weight is 279 g/mol. The highest BCUT2D eigenvalue weighted by Gasteiger charge is 2.27. The SMILES string of the molecule is COc1ccc(N)c(OCCCOCC(F)(F)F)c1. The summed E-state index contributed by atoms with van der Waals surface area (Å²) in [5.74, 6) is 1.03. The van der Waals surface area contributed by atoms with Gasteiger partial charge in [0.1, 0.15) is 18.1 Å². The van der Waals surface area contributed by atoms with Gasteiger partial charge in [-0.3, -0.25) is 0 Å². The lowest BCUT2D eigenvalue weighted by Crippen LogP contribution is -2.18. The van der Waals surface area contributed by atoms with E-state index >= 15 is 0 Å². The molecule has 0 aromatic heterocycles. The van der Waals surface area contributed by atoms with Crippen molar-refractivity contribution < 1.29 is 27.4 Å². The highest BCUT2D eigenvalue weighted by atomic mass is 19.4. The summed E-state index contributed by atoms with van der Waals surface area (Å²) >= 11 is 0. The van der Waals surface area contributed by atoms with Gasteiger partial charge in [0.15, 0.2) is 0 Å². The summed E-state index contributed by atoms with van der Waals surface area (Å²) in [4.78, 5) is 0. The summed E-state index contributed by atoms with van der Waals surface area (Å²) < 4.78 is 50.1. The zero-order chi connectivity index (χ0) is 14.3. The lowest BCUT2D eigenvalue weighted by molar-refractivity contribution is -0.174. The number of rotatable bonds is 7. The Labute approximate surface area is 109 Å². The molecule has 2 N–H and O–H groups in total. The second-order valence-electron chi connectivity index (χ2n) is 3.77. The summed E-state index contributed by atoms with van der Waals surface area (Å²) in [6, 6.07) is 4.94. The van der Waals surface area contributed by atoms with Crippen LogP contribution in [-0.4, -0.2) is 33.1 Å². The summed E-state index contributed by atoms with van der Waals surface area (Å²) in [6.07, 6.45) is -3.95. The fourth-order valence-corrected chi connectivity index (χ4v) is 1.30. The number of anilines is 1. The molecule has 7 heteroatoms. The zero-order valence-electron chi connectivity index (χ0n) is 10.5. The third-order valence-corrected chi connectivity index (χ3v) is 2.18. The molecule has 0 aliphatic heterocycles. The number of nitrogens with two attached hydrogens (primary N) is 1. The third-order valence-electron chi connectivity index (χ3n) is 2.18. The van der Waals surface area contributed by atoms with Crippen molar-refractivity contribution in [1.82, 2.24) is 0 Å². The van der Waals surface area contributed by atoms with E-state index in [0.29, 0.717) is 23.6 Å². The van der Waals surface area contributed by atoms with E-state index in [-0.39, 0.29) is 13.2 Å². The first-order valence-corrected chi connectivity index (χ1v) is 5.63. The summed E-state index contributed by atoms with van der Waals surface area (Å²) in [5.41, 5.74) is 6.12. The minimum absolute atomic E-state index is 0.0244. The molecule has 1 aromatic carbocycles. The molecular weight excluding hydrogens is 263 g/mol. The predicted molar refractivity (Wildman–Crippen MR) is 64.4 cm³/mol. The van der Waals surface area contributed by atoms with E-state index in [1.165, 1.54) is 7.11 Å². The van der Waals surface area contributed by atoms with Gasteiger partial charge in [0, 0.05) is 12.5 Å². The van der Waals surface area contributed by atoms with Gasteiger partial charge in [-0.25, -0.2) is 0 Å². The molecule has 4 nitrogen and oxygen atoms in total. The lowest BCUT2D eigenvalue weighted by atomic mass is 10.3. The maximum Gasteiger partial charge on any atom is 0.411 e. The van der Waals surface area contributed by atoms with E-state index in [9.17, 15) is 13.2 Å². The Balaban J connectivity index is 2.26. The molecule has 0 amide bonds. The molecule has 0 unspecified atom stereocenters. The standard InChI is InChI=1S/C12H16F3NO3/c1-17-9-3-4-10(16)11(7-9)19-6-2-5-18-8-12(13,14)15/h3-4,7H,2,5-6,8,16H2,1H3. The third kappa shape index (κ3) is 6.19. The molecule has 1 aromatic rings. The Hall–Kier alpha value is -1.63. The smallest absolute Gasteiger partial charge is 0.411 e. The van der Waals surface area contributed by atoms with Crippen LogP contribution >= 0.6 is 0 Å². The minimum atomic E-state index is -4.29. The number of benzene rings is 1. The van der Waals surface area contributed by atoms with E-state index in [0.717, 1.165) is 0 Å². The van der Waals surface area contributed by atoms with Crippen LogP contribution in [0.5, 0.6) is 11.5 Å². The monoisotopic (exact) mass is 279 g/mol. The first-order valence-electron chi connectivity index (χ1n) is 5.63. The van der Waals surface area contributed by atoms with Gasteiger partial charge in [0.2, 0.25) is 0 Å². The van der Waals surface area contributed by atoms with E-state index in [4.69, 9.17) is 15.2 Å². The van der Waals surface area contributed by atoms with Crippen LogP contribution in [-0.2, 0) is 4.74 Å². The highest BCUT2D eigenvalue weighted by Crippen LogP contribution is 2.26. The van der Waals surface area contributed by atoms with Crippen molar-refractivity contribution in [3.63, 3.8) is 0 Å². The van der Waals surface area contributed by atoms with E-state index in [1.807, 2.05) is 0 Å². The Morgan fingerprint density at radius 1 is 1.21 bits per heavy atom. The summed E-state index contributed by atoms with van der Waals surface area (Å²) in [5, 5.41) is 0. The fraction of sp³-hybridized carbons (Fsp3) is 0.500. The maximum atomic E-state index is 11.8. The van der Waals surface area contributed by atoms with Gasteiger partial charge in [0.25, 0.3) is 0 Å². The fourth-order valence-electron chi connectivity index (χ4n) is 1.30. The minimum Gasteiger partial charge on any atom is -0.497 e. The Bertz CT molecular complexity index is 396. The average Bonchev–Trinajstić information content (AvgIpc) is 2.34. The Morgan fingerprint density at radius 3 is 2.58 bits per heavy atom. The van der Waals surface area contributed by atoms with Gasteiger partial charge in [-0.15, -0.1) is 0 Å². The zero-order valence-corrected chi connectivity index (χ0v) is 10.5. The highest BCUT2D eigenvalue weighted by molar-refractivity contribution is 5.55. The molecule has 0 aliphatic rings. The second kappa shape index (κ2) is 7.08. The second-order valence-corrected chi connectivity index (χ2v) is 3.77. The van der Waals surface area contributed by atoms with Crippen molar-refractivity contribution >= 4 is 5.69 Å². The number of halogens is 3. The van der Waals surface area contributed by atoms with Crippen molar-refractivity contribution in [3.8, 4) is 11.5 Å². The van der Waals surface area contributed by atoms with Gasteiger partial charge in [0.05, 0.1) is 26.0 Å². The Morgan fingerprint density at radius 2 is 1.95 bits per heavy atom. The molecular formula is C12H16F3NO3. The van der Waals surface area contributed by atoms with E-state index in [2.05, 4.69) is 4.74 Å². The number of alkyl halides is 3. The molecule has 1 rings (SSSR count). The summed E-state index contributed by atoms with van der Waals surface area (Å²) in [7, 11) is 1.51. The molecule has 0 saturated carbocycles. The molecule has 0 radical (unpaired) electrons. The molecule has 0 spiro atoms. The molecule has 19 heavy (non-hydrogen) atoms. The van der Waals surface area contributed by atoms with Crippen LogP contribution in [0.1, 0.15) is 6.42 Å².